The number of allylic oxidation sites excluding steroid dienone is 1. The molecule has 4 heteroatoms. The Morgan fingerprint density at radius 3 is 2.36 bits per heavy atom. The van der Waals surface area contributed by atoms with E-state index >= 15 is 0 Å². The zero-order chi connectivity index (χ0) is 10.5. The minimum atomic E-state index is -0.624. The second-order valence-corrected chi connectivity index (χ2v) is 3.38. The number of nitrogens with zero attached hydrogens (tertiary/aromatic N) is 1. The van der Waals surface area contributed by atoms with Gasteiger partial charge in [-0.25, -0.2) is 0 Å². The Kier molecular flexibility index (Phi) is 1.61. The summed E-state index contributed by atoms with van der Waals surface area (Å²) in [5, 5.41) is 9.62. The molecule has 4 nitrogen and oxygen atoms in total. The number of aliphatic hydroxyl groups is 1. The lowest BCUT2D eigenvalue weighted by Crippen LogP contribution is -2.21. The Labute approximate surface area is 80.5 Å². The SMILES string of the molecule is CC1=C(O)c2cn(C)cc2C(=O)C1=O. The van der Waals surface area contributed by atoms with E-state index in [0.717, 1.165) is 0 Å². The van der Waals surface area contributed by atoms with Gasteiger partial charge in [0.15, 0.2) is 0 Å². The predicted molar refractivity (Wildman–Crippen MR) is 50.0 cm³/mol. The highest BCUT2D eigenvalue weighted by atomic mass is 16.3. The van der Waals surface area contributed by atoms with Crippen LogP contribution < -0.4 is 0 Å². The van der Waals surface area contributed by atoms with Crippen LogP contribution in [0.1, 0.15) is 22.8 Å². The van der Waals surface area contributed by atoms with Crippen LogP contribution in [-0.2, 0) is 11.8 Å². The molecule has 1 aliphatic carbocycles. The lowest BCUT2D eigenvalue weighted by molar-refractivity contribution is -0.111. The average Bonchev–Trinajstić information content (AvgIpc) is 2.54. The van der Waals surface area contributed by atoms with Gasteiger partial charge < -0.3 is 9.67 Å². The molecule has 0 spiro atoms. The molecule has 0 saturated carbocycles. The monoisotopic (exact) mass is 191 g/mol. The molecular weight excluding hydrogens is 182 g/mol. The summed E-state index contributed by atoms with van der Waals surface area (Å²) < 4.78 is 1.64. The van der Waals surface area contributed by atoms with Crippen molar-refractivity contribution in [2.45, 2.75) is 6.92 Å². The van der Waals surface area contributed by atoms with Crippen molar-refractivity contribution >= 4 is 17.3 Å². The van der Waals surface area contributed by atoms with Crippen LogP contribution in [0.5, 0.6) is 0 Å². The molecule has 1 aromatic heterocycles. The largest absolute Gasteiger partial charge is 0.507 e. The zero-order valence-corrected chi connectivity index (χ0v) is 7.87. The van der Waals surface area contributed by atoms with E-state index in [2.05, 4.69) is 0 Å². The van der Waals surface area contributed by atoms with Gasteiger partial charge in [0.1, 0.15) is 5.76 Å². The number of carbonyl (C=O) groups excluding carboxylic acids is 2. The van der Waals surface area contributed by atoms with Crippen molar-refractivity contribution in [3.05, 3.63) is 29.1 Å². The molecule has 0 unspecified atom stereocenters. The molecule has 0 aliphatic heterocycles. The fraction of sp³-hybridized carbons (Fsp3) is 0.200. The van der Waals surface area contributed by atoms with Gasteiger partial charge in [-0.3, -0.25) is 9.59 Å². The summed E-state index contributed by atoms with van der Waals surface area (Å²) in [5.74, 6) is -1.26. The maximum absolute atomic E-state index is 11.5. The quantitative estimate of drug-likeness (QED) is 0.624. The Morgan fingerprint density at radius 2 is 1.71 bits per heavy atom. The average molecular weight is 191 g/mol. The third kappa shape index (κ3) is 0.937. The Hall–Kier alpha value is -1.84. The normalized spacial score (nSPS) is 16.1. The highest BCUT2D eigenvalue weighted by Crippen LogP contribution is 2.27. The molecule has 0 amide bonds. The van der Waals surface area contributed by atoms with E-state index in [4.69, 9.17) is 0 Å². The molecule has 1 N–H and O–H groups in total. The summed E-state index contributed by atoms with van der Waals surface area (Å²) in [4.78, 5) is 22.8. The number of carbonyl (C=O) groups is 2. The van der Waals surface area contributed by atoms with Crippen LogP contribution in [0.4, 0.5) is 0 Å². The first kappa shape index (κ1) is 8.74. The van der Waals surface area contributed by atoms with Crippen molar-refractivity contribution in [2.75, 3.05) is 0 Å². The standard InChI is InChI=1S/C10H9NO3/c1-5-8(12)6-3-11(2)4-7(6)10(14)9(5)13/h3-4,12H,1-2H3. The Morgan fingerprint density at radius 1 is 1.14 bits per heavy atom. The van der Waals surface area contributed by atoms with Gasteiger partial charge in [0.25, 0.3) is 0 Å². The minimum absolute atomic E-state index is 0.0924. The van der Waals surface area contributed by atoms with E-state index < -0.39 is 11.6 Å². The van der Waals surface area contributed by atoms with Crippen molar-refractivity contribution in [2.24, 2.45) is 7.05 Å². The third-order valence-corrected chi connectivity index (χ3v) is 2.36. The zero-order valence-electron chi connectivity index (χ0n) is 7.87. The number of ketones is 2. The van der Waals surface area contributed by atoms with E-state index in [-0.39, 0.29) is 16.9 Å². The topological polar surface area (TPSA) is 59.3 Å². The van der Waals surface area contributed by atoms with Crippen LogP contribution in [0, 0.1) is 0 Å². The van der Waals surface area contributed by atoms with Crippen LogP contribution in [0.3, 0.4) is 0 Å². The molecule has 1 aromatic rings. The van der Waals surface area contributed by atoms with Gasteiger partial charge in [-0.2, -0.15) is 0 Å². The highest BCUT2D eigenvalue weighted by molar-refractivity contribution is 6.52. The van der Waals surface area contributed by atoms with E-state index in [1.807, 2.05) is 0 Å². The smallest absolute Gasteiger partial charge is 0.235 e. The molecule has 72 valence electrons. The molecule has 0 fully saturated rings. The third-order valence-electron chi connectivity index (χ3n) is 2.36. The van der Waals surface area contributed by atoms with Crippen molar-refractivity contribution in [1.82, 2.24) is 4.57 Å². The molecule has 0 aromatic carbocycles. The number of fused-ring (bicyclic) bond motifs is 1. The molecule has 0 bridgehead atoms. The molecule has 0 atom stereocenters. The number of hydrogen-bond acceptors (Lipinski definition) is 3. The van der Waals surface area contributed by atoms with Gasteiger partial charge >= 0.3 is 0 Å². The van der Waals surface area contributed by atoms with Crippen LogP contribution in [-0.4, -0.2) is 21.2 Å². The lowest BCUT2D eigenvalue weighted by atomic mass is 9.93. The number of aryl methyl sites for hydroxylation is 1. The number of aliphatic hydroxyl groups excluding tert-OH is 1. The summed E-state index contributed by atoms with van der Waals surface area (Å²) in [7, 11) is 1.73. The predicted octanol–water partition coefficient (Wildman–Crippen LogP) is 1.08. The second-order valence-electron chi connectivity index (χ2n) is 3.38. The fourth-order valence-electron chi connectivity index (χ4n) is 1.56. The molecular formula is C10H9NO3. The molecule has 0 saturated heterocycles. The number of rotatable bonds is 0. The van der Waals surface area contributed by atoms with Gasteiger partial charge in [0.2, 0.25) is 11.6 Å². The van der Waals surface area contributed by atoms with Crippen molar-refractivity contribution in [3.63, 3.8) is 0 Å². The maximum Gasteiger partial charge on any atom is 0.235 e. The first-order valence-corrected chi connectivity index (χ1v) is 4.17. The van der Waals surface area contributed by atoms with Crippen LogP contribution in [0.15, 0.2) is 18.0 Å². The van der Waals surface area contributed by atoms with Gasteiger partial charge in [0, 0.05) is 30.6 Å². The first-order chi connectivity index (χ1) is 6.52. The van der Waals surface area contributed by atoms with Crippen molar-refractivity contribution in [3.8, 4) is 0 Å². The number of aromatic nitrogens is 1. The lowest BCUT2D eigenvalue weighted by Gasteiger charge is -2.10. The van der Waals surface area contributed by atoms with E-state index in [1.165, 1.54) is 13.1 Å². The first-order valence-electron chi connectivity index (χ1n) is 4.17. The number of hydrogen-bond donors (Lipinski definition) is 1. The van der Waals surface area contributed by atoms with E-state index in [0.29, 0.717) is 5.56 Å². The molecule has 1 aliphatic rings. The van der Waals surface area contributed by atoms with E-state index in [1.54, 1.807) is 17.8 Å². The van der Waals surface area contributed by atoms with Gasteiger partial charge in [-0.15, -0.1) is 0 Å². The van der Waals surface area contributed by atoms with Crippen LogP contribution in [0.25, 0.3) is 5.76 Å². The van der Waals surface area contributed by atoms with Crippen molar-refractivity contribution < 1.29 is 14.7 Å². The Bertz CT molecular complexity index is 480. The minimum Gasteiger partial charge on any atom is -0.507 e. The highest BCUT2D eigenvalue weighted by Gasteiger charge is 2.31. The van der Waals surface area contributed by atoms with Crippen LogP contribution >= 0.6 is 0 Å². The second kappa shape index (κ2) is 2.57. The molecule has 0 radical (unpaired) electrons. The van der Waals surface area contributed by atoms with Crippen molar-refractivity contribution in [1.29, 1.82) is 0 Å². The van der Waals surface area contributed by atoms with E-state index in [9.17, 15) is 14.7 Å². The summed E-state index contributed by atoms with van der Waals surface area (Å²) in [6.07, 6.45) is 3.16. The summed E-state index contributed by atoms with van der Waals surface area (Å²) in [6, 6.07) is 0. The van der Waals surface area contributed by atoms with Crippen LogP contribution in [0.2, 0.25) is 0 Å². The summed E-state index contributed by atoms with van der Waals surface area (Å²) in [5.41, 5.74) is 0.837. The summed E-state index contributed by atoms with van der Waals surface area (Å²) in [6.45, 7) is 1.45. The maximum atomic E-state index is 11.5. The van der Waals surface area contributed by atoms with Gasteiger partial charge in [0.05, 0.1) is 5.56 Å². The fourth-order valence-corrected chi connectivity index (χ4v) is 1.56. The molecule has 14 heavy (non-hydrogen) atoms. The summed E-state index contributed by atoms with van der Waals surface area (Å²) >= 11 is 0. The number of Topliss-reactive ketones (excluding diaryl/α,β-unsaturated/α-hetero) is 2. The molecule has 1 heterocycles. The Balaban J connectivity index is 2.76. The van der Waals surface area contributed by atoms with Gasteiger partial charge in [-0.05, 0) is 6.92 Å². The van der Waals surface area contributed by atoms with Gasteiger partial charge in [-0.1, -0.05) is 0 Å². The molecule has 2 rings (SSSR count).